The fraction of sp³-hybridized carbons (Fsp3) is 0.357. The molecule has 1 atom stereocenters. The lowest BCUT2D eigenvalue weighted by Gasteiger charge is -2.24. The summed E-state index contributed by atoms with van der Waals surface area (Å²) >= 11 is 8.35. The first-order chi connectivity index (χ1) is 9.25. The van der Waals surface area contributed by atoms with Gasteiger partial charge >= 0.3 is 0 Å². The number of aromatic nitrogens is 2. The molecule has 1 aromatic carbocycles. The third-order valence-corrected chi connectivity index (χ3v) is 4.65. The summed E-state index contributed by atoms with van der Waals surface area (Å²) < 4.78 is 3.34. The predicted octanol–water partition coefficient (Wildman–Crippen LogP) is 3.60. The summed E-state index contributed by atoms with van der Waals surface area (Å²) in [4.78, 5) is 4.34. The van der Waals surface area contributed by atoms with Gasteiger partial charge in [0, 0.05) is 32.9 Å². The van der Waals surface area contributed by atoms with Crippen molar-refractivity contribution in [1.29, 1.82) is 0 Å². The van der Waals surface area contributed by atoms with E-state index in [0.717, 1.165) is 27.4 Å². The molecule has 5 heteroatoms. The molecule has 0 aliphatic carbocycles. The molecule has 1 saturated heterocycles. The van der Waals surface area contributed by atoms with Crippen LogP contribution in [-0.2, 0) is 0 Å². The molecule has 2 heterocycles. The van der Waals surface area contributed by atoms with Crippen LogP contribution in [0.3, 0.4) is 0 Å². The zero-order valence-corrected chi connectivity index (χ0v) is 13.4. The Balaban J connectivity index is 1.99. The molecule has 100 valence electrons. The number of nitrogens with zero attached hydrogens (tertiary/aromatic N) is 2. The Labute approximate surface area is 131 Å². The van der Waals surface area contributed by atoms with Gasteiger partial charge in [-0.15, -0.1) is 0 Å². The van der Waals surface area contributed by atoms with Crippen LogP contribution < -0.4 is 5.32 Å². The number of rotatable bonds is 2. The van der Waals surface area contributed by atoms with E-state index in [1.807, 2.05) is 24.7 Å². The van der Waals surface area contributed by atoms with Gasteiger partial charge in [0.1, 0.15) is 0 Å². The van der Waals surface area contributed by atoms with E-state index in [-0.39, 0.29) is 0 Å². The average molecular weight is 388 g/mol. The second-order valence-corrected chi connectivity index (χ2v) is 6.43. The van der Waals surface area contributed by atoms with Crippen molar-refractivity contribution in [3.63, 3.8) is 0 Å². The maximum absolute atomic E-state index is 6.03. The standard InChI is InChI=1S/C14H15ClIN3/c15-11-3-4-13(12(16)6-11)19-9-18-8-14(19)10-2-1-5-17-7-10/h3-4,6,8-10,17H,1-2,5,7H2. The Morgan fingerprint density at radius 2 is 2.32 bits per heavy atom. The molecule has 1 aromatic heterocycles. The van der Waals surface area contributed by atoms with E-state index in [2.05, 4.69) is 43.5 Å². The van der Waals surface area contributed by atoms with Crippen LogP contribution in [0.1, 0.15) is 24.5 Å². The zero-order valence-electron chi connectivity index (χ0n) is 10.4. The molecule has 1 aliphatic rings. The van der Waals surface area contributed by atoms with Crippen molar-refractivity contribution in [3.05, 3.63) is 45.0 Å². The molecule has 2 aromatic rings. The lowest BCUT2D eigenvalue weighted by atomic mass is 9.96. The van der Waals surface area contributed by atoms with Crippen LogP contribution in [0.5, 0.6) is 0 Å². The third-order valence-electron chi connectivity index (χ3n) is 3.55. The van der Waals surface area contributed by atoms with Crippen LogP contribution >= 0.6 is 34.2 Å². The SMILES string of the molecule is Clc1ccc(-n2cncc2C2CCCNC2)c(I)c1. The lowest BCUT2D eigenvalue weighted by Crippen LogP contribution is -2.29. The highest BCUT2D eigenvalue weighted by Gasteiger charge is 2.20. The Morgan fingerprint density at radius 3 is 3.05 bits per heavy atom. The molecule has 0 bridgehead atoms. The van der Waals surface area contributed by atoms with Crippen molar-refractivity contribution in [2.45, 2.75) is 18.8 Å². The van der Waals surface area contributed by atoms with E-state index in [1.54, 1.807) is 0 Å². The third kappa shape index (κ3) is 2.80. The molecule has 3 nitrogen and oxygen atoms in total. The predicted molar refractivity (Wildman–Crippen MR) is 86.1 cm³/mol. The minimum Gasteiger partial charge on any atom is -0.316 e. The Kier molecular flexibility index (Phi) is 4.10. The van der Waals surface area contributed by atoms with Gasteiger partial charge in [0.05, 0.1) is 12.0 Å². The number of nitrogens with one attached hydrogen (secondary N) is 1. The van der Waals surface area contributed by atoms with E-state index in [1.165, 1.54) is 18.5 Å². The molecule has 0 saturated carbocycles. The van der Waals surface area contributed by atoms with Crippen LogP contribution in [0.2, 0.25) is 5.02 Å². The molecule has 3 rings (SSSR count). The van der Waals surface area contributed by atoms with Crippen LogP contribution in [-0.4, -0.2) is 22.6 Å². The molecule has 1 N–H and O–H groups in total. The average Bonchev–Trinajstić information content (AvgIpc) is 2.89. The molecule has 19 heavy (non-hydrogen) atoms. The second-order valence-electron chi connectivity index (χ2n) is 4.83. The second kappa shape index (κ2) is 5.81. The smallest absolute Gasteiger partial charge is 0.0994 e. The van der Waals surface area contributed by atoms with Gasteiger partial charge in [-0.25, -0.2) is 4.98 Å². The minimum absolute atomic E-state index is 0.544. The summed E-state index contributed by atoms with van der Waals surface area (Å²) in [6, 6.07) is 5.98. The van der Waals surface area contributed by atoms with Crippen molar-refractivity contribution in [2.24, 2.45) is 0 Å². The normalized spacial score (nSPS) is 19.6. The fourth-order valence-corrected chi connectivity index (χ4v) is 3.72. The summed E-state index contributed by atoms with van der Waals surface area (Å²) in [5.74, 6) is 0.544. The number of hydrogen-bond acceptors (Lipinski definition) is 2. The van der Waals surface area contributed by atoms with Crippen LogP contribution in [0, 0.1) is 3.57 Å². The fourth-order valence-electron chi connectivity index (χ4n) is 2.59. The topological polar surface area (TPSA) is 29.9 Å². The first-order valence-electron chi connectivity index (χ1n) is 6.44. The Hall–Kier alpha value is -0.590. The summed E-state index contributed by atoms with van der Waals surface area (Å²) in [6.07, 6.45) is 6.34. The molecule has 0 radical (unpaired) electrons. The summed E-state index contributed by atoms with van der Waals surface area (Å²) in [6.45, 7) is 2.17. The summed E-state index contributed by atoms with van der Waals surface area (Å²) in [7, 11) is 0. The van der Waals surface area contributed by atoms with Gasteiger partial charge in [0.25, 0.3) is 0 Å². The van der Waals surface area contributed by atoms with E-state index in [0.29, 0.717) is 5.92 Å². The van der Waals surface area contributed by atoms with Gasteiger partial charge in [-0.2, -0.15) is 0 Å². The van der Waals surface area contributed by atoms with E-state index in [4.69, 9.17) is 11.6 Å². The first kappa shape index (κ1) is 13.4. The molecule has 0 spiro atoms. The van der Waals surface area contributed by atoms with Crippen LogP contribution in [0.4, 0.5) is 0 Å². The maximum Gasteiger partial charge on any atom is 0.0994 e. The molecular formula is C14H15ClIN3. The highest BCUT2D eigenvalue weighted by atomic mass is 127. The highest BCUT2D eigenvalue weighted by molar-refractivity contribution is 14.1. The molecule has 1 aliphatic heterocycles. The van der Waals surface area contributed by atoms with Gasteiger partial charge in [-0.05, 0) is 60.2 Å². The van der Waals surface area contributed by atoms with E-state index in [9.17, 15) is 0 Å². The number of benzene rings is 1. The minimum atomic E-state index is 0.544. The summed E-state index contributed by atoms with van der Waals surface area (Å²) in [5, 5.41) is 4.23. The first-order valence-corrected chi connectivity index (χ1v) is 7.90. The Morgan fingerprint density at radius 1 is 1.42 bits per heavy atom. The van der Waals surface area contributed by atoms with Crippen LogP contribution in [0.25, 0.3) is 5.69 Å². The van der Waals surface area contributed by atoms with Crippen molar-refractivity contribution in [2.75, 3.05) is 13.1 Å². The molecule has 1 unspecified atom stereocenters. The lowest BCUT2D eigenvalue weighted by molar-refractivity contribution is 0.451. The van der Waals surface area contributed by atoms with Gasteiger partial charge in [0.2, 0.25) is 0 Å². The number of halogens is 2. The number of piperidine rings is 1. The van der Waals surface area contributed by atoms with E-state index < -0.39 is 0 Å². The molecule has 1 fully saturated rings. The number of hydrogen-bond donors (Lipinski definition) is 1. The number of imidazole rings is 1. The van der Waals surface area contributed by atoms with Crippen molar-refractivity contribution in [1.82, 2.24) is 14.9 Å². The zero-order chi connectivity index (χ0) is 13.2. The quantitative estimate of drug-likeness (QED) is 0.798. The highest BCUT2D eigenvalue weighted by Crippen LogP contribution is 2.28. The summed E-state index contributed by atoms with van der Waals surface area (Å²) in [5.41, 5.74) is 2.44. The van der Waals surface area contributed by atoms with Gasteiger partial charge in [-0.3, -0.25) is 0 Å². The van der Waals surface area contributed by atoms with Crippen molar-refractivity contribution in [3.8, 4) is 5.69 Å². The monoisotopic (exact) mass is 387 g/mol. The van der Waals surface area contributed by atoms with E-state index >= 15 is 0 Å². The largest absolute Gasteiger partial charge is 0.316 e. The van der Waals surface area contributed by atoms with Crippen molar-refractivity contribution < 1.29 is 0 Å². The van der Waals surface area contributed by atoms with Gasteiger partial charge in [-0.1, -0.05) is 11.6 Å². The van der Waals surface area contributed by atoms with Gasteiger partial charge < -0.3 is 9.88 Å². The van der Waals surface area contributed by atoms with Gasteiger partial charge in [0.15, 0.2) is 0 Å². The van der Waals surface area contributed by atoms with Crippen molar-refractivity contribution >= 4 is 34.2 Å². The maximum atomic E-state index is 6.03. The molecular weight excluding hydrogens is 373 g/mol. The van der Waals surface area contributed by atoms with Crippen LogP contribution in [0.15, 0.2) is 30.7 Å². The molecule has 0 amide bonds. The Bertz CT molecular complexity index is 576.